The monoisotopic (exact) mass is 307 g/mol. The van der Waals surface area contributed by atoms with Crippen molar-refractivity contribution in [2.45, 2.75) is 13.1 Å². The second-order valence-corrected chi connectivity index (χ2v) is 5.03. The maximum absolute atomic E-state index is 12.1. The van der Waals surface area contributed by atoms with Gasteiger partial charge in [0, 0.05) is 6.54 Å². The van der Waals surface area contributed by atoms with Crippen LogP contribution in [0.5, 0.6) is 0 Å². The number of furan rings is 1. The van der Waals surface area contributed by atoms with Crippen molar-refractivity contribution < 1.29 is 9.21 Å². The Morgan fingerprint density at radius 2 is 1.87 bits per heavy atom. The van der Waals surface area contributed by atoms with Crippen molar-refractivity contribution in [3.63, 3.8) is 0 Å². The summed E-state index contributed by atoms with van der Waals surface area (Å²) in [7, 11) is 0. The third-order valence-electron chi connectivity index (χ3n) is 3.34. The molecule has 1 aromatic carbocycles. The van der Waals surface area contributed by atoms with Crippen LogP contribution in [0.15, 0.2) is 71.5 Å². The van der Waals surface area contributed by atoms with E-state index in [4.69, 9.17) is 4.42 Å². The molecule has 2 heterocycles. The first-order valence-corrected chi connectivity index (χ1v) is 7.36. The molecule has 0 unspecified atom stereocenters. The number of benzene rings is 1. The van der Waals surface area contributed by atoms with Crippen molar-refractivity contribution in [3.05, 3.63) is 84.1 Å². The summed E-state index contributed by atoms with van der Waals surface area (Å²) >= 11 is 0. The van der Waals surface area contributed by atoms with Gasteiger partial charge in [0.25, 0.3) is 5.91 Å². The summed E-state index contributed by atoms with van der Waals surface area (Å²) in [6.07, 6.45) is 3.27. The molecule has 0 spiro atoms. The van der Waals surface area contributed by atoms with Crippen molar-refractivity contribution in [1.82, 2.24) is 10.3 Å². The Balaban J connectivity index is 1.53. The minimum absolute atomic E-state index is 0.188. The Labute approximate surface area is 134 Å². The highest BCUT2D eigenvalue weighted by atomic mass is 16.3. The molecule has 3 aromatic rings. The molecule has 5 heteroatoms. The first-order chi connectivity index (χ1) is 11.3. The zero-order valence-corrected chi connectivity index (χ0v) is 12.5. The van der Waals surface area contributed by atoms with E-state index in [1.807, 2.05) is 48.5 Å². The summed E-state index contributed by atoms with van der Waals surface area (Å²) in [6.45, 7) is 1.06. The SMILES string of the molecule is O=C(NCc1ccccc1)c1ccc(NCc2ccco2)cn1. The van der Waals surface area contributed by atoms with Crippen molar-refractivity contribution in [3.8, 4) is 0 Å². The van der Waals surface area contributed by atoms with E-state index >= 15 is 0 Å². The molecule has 0 bridgehead atoms. The lowest BCUT2D eigenvalue weighted by molar-refractivity contribution is 0.0946. The van der Waals surface area contributed by atoms with E-state index < -0.39 is 0 Å². The fraction of sp³-hybridized carbons (Fsp3) is 0.111. The number of pyridine rings is 1. The molecule has 23 heavy (non-hydrogen) atoms. The number of amides is 1. The predicted octanol–water partition coefficient (Wildman–Crippen LogP) is 3.22. The van der Waals surface area contributed by atoms with Crippen LogP contribution in [0, 0.1) is 0 Å². The summed E-state index contributed by atoms with van der Waals surface area (Å²) in [5.41, 5.74) is 2.28. The van der Waals surface area contributed by atoms with E-state index in [0.717, 1.165) is 17.0 Å². The van der Waals surface area contributed by atoms with E-state index in [-0.39, 0.29) is 5.91 Å². The van der Waals surface area contributed by atoms with Gasteiger partial charge in [0.1, 0.15) is 11.5 Å². The average Bonchev–Trinajstić information content (AvgIpc) is 3.13. The molecule has 116 valence electrons. The molecule has 0 saturated heterocycles. The lowest BCUT2D eigenvalue weighted by Crippen LogP contribution is -2.23. The van der Waals surface area contributed by atoms with Crippen LogP contribution >= 0.6 is 0 Å². The zero-order valence-electron chi connectivity index (χ0n) is 12.5. The lowest BCUT2D eigenvalue weighted by Gasteiger charge is -2.07. The van der Waals surface area contributed by atoms with Gasteiger partial charge in [-0.1, -0.05) is 30.3 Å². The smallest absolute Gasteiger partial charge is 0.270 e. The third kappa shape index (κ3) is 4.20. The molecule has 0 aliphatic heterocycles. The summed E-state index contributed by atoms with van der Waals surface area (Å²) in [4.78, 5) is 16.3. The van der Waals surface area contributed by atoms with Gasteiger partial charge in [-0.15, -0.1) is 0 Å². The van der Waals surface area contributed by atoms with Crippen LogP contribution in [0.3, 0.4) is 0 Å². The number of carbonyl (C=O) groups excluding carboxylic acids is 1. The Hall–Kier alpha value is -3.08. The third-order valence-corrected chi connectivity index (χ3v) is 3.34. The fourth-order valence-electron chi connectivity index (χ4n) is 2.10. The number of hydrogen-bond acceptors (Lipinski definition) is 4. The van der Waals surface area contributed by atoms with E-state index in [9.17, 15) is 4.79 Å². The molecule has 0 atom stereocenters. The van der Waals surface area contributed by atoms with E-state index in [1.165, 1.54) is 0 Å². The van der Waals surface area contributed by atoms with Gasteiger partial charge in [0.2, 0.25) is 0 Å². The van der Waals surface area contributed by atoms with Crippen LogP contribution < -0.4 is 10.6 Å². The Kier molecular flexibility index (Phi) is 4.69. The van der Waals surface area contributed by atoms with Gasteiger partial charge in [0.15, 0.2) is 0 Å². The zero-order chi connectivity index (χ0) is 15.9. The van der Waals surface area contributed by atoms with Crippen LogP contribution in [0.1, 0.15) is 21.8 Å². The van der Waals surface area contributed by atoms with E-state index in [1.54, 1.807) is 18.5 Å². The molecular formula is C18H17N3O2. The number of carbonyl (C=O) groups is 1. The van der Waals surface area contributed by atoms with Crippen LogP contribution in [0.4, 0.5) is 5.69 Å². The first-order valence-electron chi connectivity index (χ1n) is 7.36. The number of aromatic nitrogens is 1. The Morgan fingerprint density at radius 1 is 1.00 bits per heavy atom. The van der Waals surface area contributed by atoms with Gasteiger partial charge in [-0.25, -0.2) is 4.98 Å². The summed E-state index contributed by atoms with van der Waals surface area (Å²) in [5, 5.41) is 6.04. The molecule has 0 aliphatic carbocycles. The van der Waals surface area contributed by atoms with Gasteiger partial charge in [-0.3, -0.25) is 4.79 Å². The topological polar surface area (TPSA) is 67.2 Å². The predicted molar refractivity (Wildman–Crippen MR) is 87.9 cm³/mol. The molecular weight excluding hydrogens is 290 g/mol. The summed E-state index contributed by atoms with van der Waals surface area (Å²) in [5.74, 6) is 0.654. The minimum Gasteiger partial charge on any atom is -0.467 e. The Morgan fingerprint density at radius 3 is 2.57 bits per heavy atom. The van der Waals surface area contributed by atoms with Crippen LogP contribution in [-0.2, 0) is 13.1 Å². The van der Waals surface area contributed by atoms with Gasteiger partial charge in [0.05, 0.1) is 24.7 Å². The lowest BCUT2D eigenvalue weighted by atomic mass is 10.2. The molecule has 0 aliphatic rings. The molecule has 0 saturated carbocycles. The number of nitrogens with one attached hydrogen (secondary N) is 2. The number of anilines is 1. The van der Waals surface area contributed by atoms with Crippen LogP contribution in [0.2, 0.25) is 0 Å². The van der Waals surface area contributed by atoms with E-state index in [0.29, 0.717) is 18.8 Å². The molecule has 2 N–H and O–H groups in total. The average molecular weight is 307 g/mol. The molecule has 0 radical (unpaired) electrons. The summed E-state index contributed by atoms with van der Waals surface area (Å²) < 4.78 is 5.24. The van der Waals surface area contributed by atoms with Gasteiger partial charge in [-0.05, 0) is 29.8 Å². The fourth-order valence-corrected chi connectivity index (χ4v) is 2.10. The van der Waals surface area contributed by atoms with Gasteiger partial charge in [-0.2, -0.15) is 0 Å². The highest BCUT2D eigenvalue weighted by Gasteiger charge is 2.07. The van der Waals surface area contributed by atoms with Crippen molar-refractivity contribution in [1.29, 1.82) is 0 Å². The standard InChI is InChI=1S/C18H17N3O2/c22-18(21-11-14-5-2-1-3-6-14)17-9-8-15(12-20-17)19-13-16-7-4-10-23-16/h1-10,12,19H,11,13H2,(H,21,22). The normalized spacial score (nSPS) is 10.3. The number of hydrogen-bond donors (Lipinski definition) is 2. The second-order valence-electron chi connectivity index (χ2n) is 5.03. The maximum atomic E-state index is 12.1. The minimum atomic E-state index is -0.188. The summed E-state index contributed by atoms with van der Waals surface area (Å²) in [6, 6.07) is 17.0. The number of nitrogens with zero attached hydrogens (tertiary/aromatic N) is 1. The van der Waals surface area contributed by atoms with Crippen LogP contribution in [0.25, 0.3) is 0 Å². The molecule has 5 nitrogen and oxygen atoms in total. The first kappa shape index (κ1) is 14.8. The highest BCUT2D eigenvalue weighted by Crippen LogP contribution is 2.09. The molecule has 1 amide bonds. The Bertz CT molecular complexity index is 738. The quantitative estimate of drug-likeness (QED) is 0.734. The number of rotatable bonds is 6. The van der Waals surface area contributed by atoms with Crippen molar-refractivity contribution in [2.75, 3.05) is 5.32 Å². The van der Waals surface area contributed by atoms with Gasteiger partial charge >= 0.3 is 0 Å². The highest BCUT2D eigenvalue weighted by molar-refractivity contribution is 5.92. The molecule has 2 aromatic heterocycles. The van der Waals surface area contributed by atoms with E-state index in [2.05, 4.69) is 15.6 Å². The molecule has 0 fully saturated rings. The van der Waals surface area contributed by atoms with Crippen LogP contribution in [-0.4, -0.2) is 10.9 Å². The maximum Gasteiger partial charge on any atom is 0.270 e. The molecule has 3 rings (SSSR count). The second kappa shape index (κ2) is 7.26. The van der Waals surface area contributed by atoms with Crippen molar-refractivity contribution >= 4 is 11.6 Å². The van der Waals surface area contributed by atoms with Gasteiger partial charge < -0.3 is 15.1 Å². The largest absolute Gasteiger partial charge is 0.467 e. The van der Waals surface area contributed by atoms with Crippen molar-refractivity contribution in [2.24, 2.45) is 0 Å².